The second kappa shape index (κ2) is 14.1. The van der Waals surface area contributed by atoms with Crippen LogP contribution in [0.15, 0.2) is 0 Å². The zero-order valence-electron chi connectivity index (χ0n) is 15.1. The van der Waals surface area contributed by atoms with E-state index in [9.17, 15) is 0 Å². The highest BCUT2D eigenvalue weighted by atomic mass is 16.7. The van der Waals surface area contributed by atoms with E-state index < -0.39 is 0 Å². The summed E-state index contributed by atoms with van der Waals surface area (Å²) in [7, 11) is 2.10. The third kappa shape index (κ3) is 11.9. The van der Waals surface area contributed by atoms with E-state index in [2.05, 4.69) is 25.8 Å². The van der Waals surface area contributed by atoms with Crippen molar-refractivity contribution >= 4 is 0 Å². The molecule has 1 fully saturated rings. The number of hydrogen-bond donors (Lipinski definition) is 0. The first kappa shape index (κ1) is 20.8. The Hall–Kier alpha value is -0.240. The van der Waals surface area contributed by atoms with Gasteiger partial charge in [-0.25, -0.2) is 0 Å². The van der Waals surface area contributed by atoms with Crippen LogP contribution in [0.3, 0.4) is 0 Å². The SMILES string of the molecule is CC(C)N(C)CCOCCOCCOCCOC1CCCCO1. The third-order valence-electron chi connectivity index (χ3n) is 3.88. The standard InChI is InChI=1S/C17H35NO5/c1-16(2)18(3)7-9-19-10-11-20-12-13-21-14-15-23-17-6-4-5-8-22-17/h16-17H,4-15H2,1-3H3. The maximum Gasteiger partial charge on any atom is 0.157 e. The molecule has 0 aliphatic carbocycles. The molecule has 0 aromatic rings. The molecule has 1 atom stereocenters. The second-order valence-corrected chi connectivity index (χ2v) is 6.08. The van der Waals surface area contributed by atoms with Crippen LogP contribution < -0.4 is 0 Å². The Morgan fingerprint density at radius 1 is 0.913 bits per heavy atom. The minimum Gasteiger partial charge on any atom is -0.378 e. The van der Waals surface area contributed by atoms with E-state index in [-0.39, 0.29) is 6.29 Å². The Kier molecular flexibility index (Phi) is 12.8. The molecule has 1 aliphatic rings. The highest BCUT2D eigenvalue weighted by Crippen LogP contribution is 2.13. The van der Waals surface area contributed by atoms with E-state index in [1.807, 2.05) is 0 Å². The predicted octanol–water partition coefficient (Wildman–Crippen LogP) is 1.92. The molecule has 23 heavy (non-hydrogen) atoms. The van der Waals surface area contributed by atoms with Gasteiger partial charge in [0.2, 0.25) is 0 Å². The van der Waals surface area contributed by atoms with Gasteiger partial charge in [-0.05, 0) is 40.2 Å². The van der Waals surface area contributed by atoms with Gasteiger partial charge in [-0.2, -0.15) is 0 Å². The lowest BCUT2D eigenvalue weighted by Crippen LogP contribution is -2.30. The molecule has 6 nitrogen and oxygen atoms in total. The molecule has 0 aromatic heterocycles. The summed E-state index contributed by atoms with van der Waals surface area (Å²) >= 11 is 0. The fourth-order valence-electron chi connectivity index (χ4n) is 2.09. The van der Waals surface area contributed by atoms with Crippen molar-refractivity contribution in [3.05, 3.63) is 0 Å². The van der Waals surface area contributed by atoms with Crippen molar-refractivity contribution in [2.45, 2.75) is 45.4 Å². The predicted molar refractivity (Wildman–Crippen MR) is 89.8 cm³/mol. The van der Waals surface area contributed by atoms with Gasteiger partial charge in [0.25, 0.3) is 0 Å². The molecule has 0 aromatic carbocycles. The average molecular weight is 333 g/mol. The molecular weight excluding hydrogens is 298 g/mol. The summed E-state index contributed by atoms with van der Waals surface area (Å²) < 4.78 is 27.5. The maximum absolute atomic E-state index is 5.58. The van der Waals surface area contributed by atoms with Gasteiger partial charge in [-0.1, -0.05) is 0 Å². The number of rotatable bonds is 14. The molecule has 1 rings (SSSR count). The van der Waals surface area contributed by atoms with Gasteiger partial charge in [-0.3, -0.25) is 0 Å². The first-order valence-electron chi connectivity index (χ1n) is 8.87. The van der Waals surface area contributed by atoms with E-state index in [1.165, 1.54) is 6.42 Å². The second-order valence-electron chi connectivity index (χ2n) is 6.08. The van der Waals surface area contributed by atoms with Crippen molar-refractivity contribution in [2.24, 2.45) is 0 Å². The lowest BCUT2D eigenvalue weighted by atomic mass is 10.2. The first-order valence-corrected chi connectivity index (χ1v) is 8.87. The van der Waals surface area contributed by atoms with Gasteiger partial charge in [0.1, 0.15) is 0 Å². The molecule has 0 amide bonds. The minimum absolute atomic E-state index is 0.0320. The van der Waals surface area contributed by atoms with Crippen LogP contribution >= 0.6 is 0 Å². The van der Waals surface area contributed by atoms with Gasteiger partial charge < -0.3 is 28.6 Å². The van der Waals surface area contributed by atoms with E-state index in [1.54, 1.807) is 0 Å². The van der Waals surface area contributed by atoms with E-state index in [4.69, 9.17) is 23.7 Å². The molecular formula is C17H35NO5. The lowest BCUT2D eigenvalue weighted by molar-refractivity contribution is -0.169. The Balaban J connectivity index is 1.73. The van der Waals surface area contributed by atoms with Gasteiger partial charge in [0.15, 0.2) is 6.29 Å². The van der Waals surface area contributed by atoms with Crippen LogP contribution in [0.1, 0.15) is 33.1 Å². The Morgan fingerprint density at radius 2 is 1.52 bits per heavy atom. The number of likely N-dealkylation sites (N-methyl/N-ethyl adjacent to an activating group) is 1. The Morgan fingerprint density at radius 3 is 2.09 bits per heavy atom. The fourth-order valence-corrected chi connectivity index (χ4v) is 2.09. The highest BCUT2D eigenvalue weighted by Gasteiger charge is 2.13. The van der Waals surface area contributed by atoms with E-state index in [0.29, 0.717) is 45.7 Å². The zero-order valence-corrected chi connectivity index (χ0v) is 15.1. The lowest BCUT2D eigenvalue weighted by Gasteiger charge is -2.22. The monoisotopic (exact) mass is 333 g/mol. The van der Waals surface area contributed by atoms with E-state index >= 15 is 0 Å². The quantitative estimate of drug-likeness (QED) is 0.453. The van der Waals surface area contributed by atoms with Crippen molar-refractivity contribution in [3.8, 4) is 0 Å². The fraction of sp³-hybridized carbons (Fsp3) is 1.00. The van der Waals surface area contributed by atoms with Crippen LogP contribution in [0.25, 0.3) is 0 Å². The largest absolute Gasteiger partial charge is 0.378 e. The Bertz CT molecular complexity index is 259. The van der Waals surface area contributed by atoms with Crippen LogP contribution in [0, 0.1) is 0 Å². The van der Waals surface area contributed by atoms with Crippen molar-refractivity contribution in [2.75, 3.05) is 66.4 Å². The van der Waals surface area contributed by atoms with Crippen LogP contribution in [0.5, 0.6) is 0 Å². The summed E-state index contributed by atoms with van der Waals surface area (Å²) in [5.41, 5.74) is 0. The molecule has 1 unspecified atom stereocenters. The summed E-state index contributed by atoms with van der Waals surface area (Å²) in [5, 5.41) is 0. The van der Waals surface area contributed by atoms with E-state index in [0.717, 1.165) is 32.6 Å². The molecule has 1 saturated heterocycles. The van der Waals surface area contributed by atoms with Crippen LogP contribution in [-0.2, 0) is 23.7 Å². The topological polar surface area (TPSA) is 49.4 Å². The molecule has 6 heteroatoms. The molecule has 0 N–H and O–H groups in total. The molecule has 1 heterocycles. The van der Waals surface area contributed by atoms with Crippen molar-refractivity contribution < 1.29 is 23.7 Å². The van der Waals surface area contributed by atoms with Gasteiger partial charge in [-0.15, -0.1) is 0 Å². The van der Waals surface area contributed by atoms with Gasteiger partial charge in [0.05, 0.1) is 46.2 Å². The van der Waals surface area contributed by atoms with Crippen LogP contribution in [0.4, 0.5) is 0 Å². The van der Waals surface area contributed by atoms with Crippen molar-refractivity contribution in [1.82, 2.24) is 4.90 Å². The molecule has 138 valence electrons. The molecule has 0 bridgehead atoms. The molecule has 0 spiro atoms. The summed E-state index contributed by atoms with van der Waals surface area (Å²) in [6.45, 7) is 10.5. The normalized spacial score (nSPS) is 18.9. The summed E-state index contributed by atoms with van der Waals surface area (Å²) in [5.74, 6) is 0. The summed E-state index contributed by atoms with van der Waals surface area (Å²) in [6, 6.07) is 0.556. The zero-order chi connectivity index (χ0) is 16.8. The number of ether oxygens (including phenoxy) is 5. The average Bonchev–Trinajstić information content (AvgIpc) is 2.56. The van der Waals surface area contributed by atoms with Gasteiger partial charge >= 0.3 is 0 Å². The number of nitrogens with zero attached hydrogens (tertiary/aromatic N) is 1. The van der Waals surface area contributed by atoms with Crippen LogP contribution in [0.2, 0.25) is 0 Å². The van der Waals surface area contributed by atoms with Crippen LogP contribution in [-0.4, -0.2) is 83.7 Å². The van der Waals surface area contributed by atoms with Crippen molar-refractivity contribution in [3.63, 3.8) is 0 Å². The maximum atomic E-state index is 5.58. The van der Waals surface area contributed by atoms with Gasteiger partial charge in [0, 0.05) is 19.2 Å². The number of hydrogen-bond acceptors (Lipinski definition) is 6. The third-order valence-corrected chi connectivity index (χ3v) is 3.88. The molecule has 0 saturated carbocycles. The molecule has 1 aliphatic heterocycles. The smallest absolute Gasteiger partial charge is 0.157 e. The molecule has 0 radical (unpaired) electrons. The summed E-state index contributed by atoms with van der Waals surface area (Å²) in [6.07, 6.45) is 3.30. The van der Waals surface area contributed by atoms with Crippen molar-refractivity contribution in [1.29, 1.82) is 0 Å². The minimum atomic E-state index is -0.0320. The first-order chi connectivity index (χ1) is 11.2. The summed E-state index contributed by atoms with van der Waals surface area (Å²) in [4.78, 5) is 2.26. The Labute approximate surface area is 141 Å². The highest BCUT2D eigenvalue weighted by molar-refractivity contribution is 4.55.